The van der Waals surface area contributed by atoms with Crippen LogP contribution in [0.3, 0.4) is 0 Å². The highest BCUT2D eigenvalue weighted by atomic mass is 16.1. The smallest absolute Gasteiger partial charge is 0.137 e. The molecule has 80 valence electrons. The third-order valence-electron chi connectivity index (χ3n) is 2.59. The molecule has 0 aliphatic heterocycles. The van der Waals surface area contributed by atoms with Crippen LogP contribution in [0.2, 0.25) is 0 Å². The van der Waals surface area contributed by atoms with Gasteiger partial charge in [0.25, 0.3) is 0 Å². The van der Waals surface area contributed by atoms with Crippen LogP contribution in [0.25, 0.3) is 0 Å². The lowest BCUT2D eigenvalue weighted by Crippen LogP contribution is -2.08. The molecule has 1 heteroatoms. The van der Waals surface area contributed by atoms with Crippen molar-refractivity contribution in [1.82, 2.24) is 0 Å². The SMILES string of the molecule is C=CCCCC(C(C)=O)c1ccccc1. The van der Waals surface area contributed by atoms with Crippen molar-refractivity contribution >= 4 is 5.78 Å². The Labute approximate surface area is 91.8 Å². The number of Topliss-reactive ketones (excluding diaryl/α,β-unsaturated/α-hetero) is 1. The summed E-state index contributed by atoms with van der Waals surface area (Å²) in [6.45, 7) is 5.36. The van der Waals surface area contributed by atoms with E-state index < -0.39 is 0 Å². The number of rotatable bonds is 6. The molecule has 0 aliphatic carbocycles. The predicted molar refractivity (Wildman–Crippen MR) is 63.9 cm³/mol. The van der Waals surface area contributed by atoms with Gasteiger partial charge in [-0.15, -0.1) is 6.58 Å². The van der Waals surface area contributed by atoms with Crippen molar-refractivity contribution in [1.29, 1.82) is 0 Å². The van der Waals surface area contributed by atoms with Gasteiger partial charge in [-0.2, -0.15) is 0 Å². The Balaban J connectivity index is 2.66. The standard InChI is InChI=1S/C14H18O/c1-3-4-6-11-14(12(2)15)13-9-7-5-8-10-13/h3,5,7-10,14H,1,4,6,11H2,2H3. The molecule has 0 aliphatic rings. The van der Waals surface area contributed by atoms with E-state index in [0.717, 1.165) is 24.8 Å². The maximum atomic E-state index is 11.5. The van der Waals surface area contributed by atoms with E-state index >= 15 is 0 Å². The number of unbranched alkanes of at least 4 members (excludes halogenated alkanes) is 1. The van der Waals surface area contributed by atoms with Crippen LogP contribution in [0.1, 0.15) is 37.7 Å². The first kappa shape index (κ1) is 11.7. The molecule has 1 aromatic rings. The Kier molecular flexibility index (Phi) is 4.82. The topological polar surface area (TPSA) is 17.1 Å². The third kappa shape index (κ3) is 3.70. The average molecular weight is 202 g/mol. The van der Waals surface area contributed by atoms with E-state index in [4.69, 9.17) is 0 Å². The normalized spacial score (nSPS) is 12.1. The van der Waals surface area contributed by atoms with Crippen molar-refractivity contribution < 1.29 is 4.79 Å². The summed E-state index contributed by atoms with van der Waals surface area (Å²) in [6, 6.07) is 10.0. The van der Waals surface area contributed by atoms with Gasteiger partial charge in [-0.1, -0.05) is 36.4 Å². The van der Waals surface area contributed by atoms with Gasteiger partial charge in [-0.3, -0.25) is 4.79 Å². The maximum absolute atomic E-state index is 11.5. The Hall–Kier alpha value is -1.37. The lowest BCUT2D eigenvalue weighted by Gasteiger charge is -2.13. The molecule has 1 aromatic carbocycles. The van der Waals surface area contributed by atoms with Gasteiger partial charge in [-0.05, 0) is 31.7 Å². The summed E-state index contributed by atoms with van der Waals surface area (Å²) in [7, 11) is 0. The van der Waals surface area contributed by atoms with Crippen LogP contribution in [0, 0.1) is 0 Å². The van der Waals surface area contributed by atoms with Crippen LogP contribution in [0.15, 0.2) is 43.0 Å². The predicted octanol–water partition coefficient (Wildman–Crippen LogP) is 3.72. The second-order valence-electron chi connectivity index (χ2n) is 3.79. The van der Waals surface area contributed by atoms with E-state index in [1.165, 1.54) is 0 Å². The fourth-order valence-corrected chi connectivity index (χ4v) is 1.76. The molecular formula is C14H18O. The molecular weight excluding hydrogens is 184 g/mol. The van der Waals surface area contributed by atoms with Gasteiger partial charge < -0.3 is 0 Å². The number of allylic oxidation sites excluding steroid dienone is 1. The largest absolute Gasteiger partial charge is 0.299 e. The summed E-state index contributed by atoms with van der Waals surface area (Å²) in [6.07, 6.45) is 4.84. The van der Waals surface area contributed by atoms with E-state index in [-0.39, 0.29) is 11.7 Å². The number of carbonyl (C=O) groups excluding carboxylic acids is 1. The second-order valence-corrected chi connectivity index (χ2v) is 3.79. The molecule has 1 unspecified atom stereocenters. The maximum Gasteiger partial charge on any atom is 0.137 e. The molecule has 0 saturated heterocycles. The zero-order valence-electron chi connectivity index (χ0n) is 9.28. The molecule has 0 N–H and O–H groups in total. The van der Waals surface area contributed by atoms with Crippen molar-refractivity contribution in [2.75, 3.05) is 0 Å². The minimum Gasteiger partial charge on any atom is -0.299 e. The molecule has 0 aromatic heterocycles. The van der Waals surface area contributed by atoms with Crippen molar-refractivity contribution in [3.8, 4) is 0 Å². The first-order chi connectivity index (χ1) is 7.25. The molecule has 0 radical (unpaired) electrons. The minimum absolute atomic E-state index is 0.0612. The van der Waals surface area contributed by atoms with Gasteiger partial charge in [0, 0.05) is 5.92 Å². The van der Waals surface area contributed by atoms with Gasteiger partial charge in [-0.25, -0.2) is 0 Å². The van der Waals surface area contributed by atoms with E-state index in [1.54, 1.807) is 6.92 Å². The van der Waals surface area contributed by atoms with Crippen LogP contribution in [-0.4, -0.2) is 5.78 Å². The van der Waals surface area contributed by atoms with Crippen LogP contribution in [0.5, 0.6) is 0 Å². The Morgan fingerprint density at radius 3 is 2.60 bits per heavy atom. The molecule has 0 fully saturated rings. The average Bonchev–Trinajstić information content (AvgIpc) is 2.25. The second kappa shape index (κ2) is 6.18. The van der Waals surface area contributed by atoms with Gasteiger partial charge in [0.05, 0.1) is 0 Å². The van der Waals surface area contributed by atoms with Crippen LogP contribution < -0.4 is 0 Å². The Morgan fingerprint density at radius 1 is 1.40 bits per heavy atom. The molecule has 1 rings (SSSR count). The number of hydrogen-bond donors (Lipinski definition) is 0. The van der Waals surface area contributed by atoms with Crippen molar-refractivity contribution in [2.45, 2.75) is 32.1 Å². The zero-order valence-corrected chi connectivity index (χ0v) is 9.28. The molecule has 0 heterocycles. The number of ketones is 1. The van der Waals surface area contributed by atoms with Gasteiger partial charge in [0.2, 0.25) is 0 Å². The summed E-state index contributed by atoms with van der Waals surface area (Å²) < 4.78 is 0. The highest BCUT2D eigenvalue weighted by molar-refractivity contribution is 5.83. The van der Waals surface area contributed by atoms with E-state index in [0.29, 0.717) is 0 Å². The Bertz CT molecular complexity index is 313. The highest BCUT2D eigenvalue weighted by Crippen LogP contribution is 2.22. The highest BCUT2D eigenvalue weighted by Gasteiger charge is 2.15. The number of carbonyl (C=O) groups is 1. The number of hydrogen-bond acceptors (Lipinski definition) is 1. The molecule has 0 saturated carbocycles. The molecule has 0 bridgehead atoms. The lowest BCUT2D eigenvalue weighted by molar-refractivity contribution is -0.118. The van der Waals surface area contributed by atoms with E-state index in [1.807, 2.05) is 36.4 Å². The zero-order chi connectivity index (χ0) is 11.1. The summed E-state index contributed by atoms with van der Waals surface area (Å²) in [5.74, 6) is 0.316. The minimum atomic E-state index is 0.0612. The monoisotopic (exact) mass is 202 g/mol. The first-order valence-corrected chi connectivity index (χ1v) is 5.42. The first-order valence-electron chi connectivity index (χ1n) is 5.42. The molecule has 0 amide bonds. The van der Waals surface area contributed by atoms with E-state index in [9.17, 15) is 4.79 Å². The fourth-order valence-electron chi connectivity index (χ4n) is 1.76. The van der Waals surface area contributed by atoms with Crippen LogP contribution in [-0.2, 0) is 4.79 Å². The quantitative estimate of drug-likeness (QED) is 0.507. The third-order valence-corrected chi connectivity index (χ3v) is 2.59. The molecule has 15 heavy (non-hydrogen) atoms. The Morgan fingerprint density at radius 2 is 2.07 bits per heavy atom. The molecule has 1 atom stereocenters. The molecule has 0 spiro atoms. The summed E-state index contributed by atoms with van der Waals surface area (Å²) >= 11 is 0. The van der Waals surface area contributed by atoms with Gasteiger partial charge >= 0.3 is 0 Å². The summed E-state index contributed by atoms with van der Waals surface area (Å²) in [5.41, 5.74) is 1.13. The van der Waals surface area contributed by atoms with Crippen molar-refractivity contribution in [3.05, 3.63) is 48.6 Å². The molecule has 1 nitrogen and oxygen atoms in total. The van der Waals surface area contributed by atoms with Crippen LogP contribution in [0.4, 0.5) is 0 Å². The van der Waals surface area contributed by atoms with Crippen molar-refractivity contribution in [2.24, 2.45) is 0 Å². The summed E-state index contributed by atoms with van der Waals surface area (Å²) in [5, 5.41) is 0. The number of benzene rings is 1. The van der Waals surface area contributed by atoms with Crippen molar-refractivity contribution in [3.63, 3.8) is 0 Å². The van der Waals surface area contributed by atoms with Gasteiger partial charge in [0.1, 0.15) is 5.78 Å². The summed E-state index contributed by atoms with van der Waals surface area (Å²) in [4.78, 5) is 11.5. The lowest BCUT2D eigenvalue weighted by atomic mass is 9.90. The van der Waals surface area contributed by atoms with Gasteiger partial charge in [0.15, 0.2) is 0 Å². The fraction of sp³-hybridized carbons (Fsp3) is 0.357. The van der Waals surface area contributed by atoms with E-state index in [2.05, 4.69) is 6.58 Å². The van der Waals surface area contributed by atoms with Crippen LogP contribution >= 0.6 is 0 Å².